The Morgan fingerprint density at radius 2 is 1.03 bits per heavy atom. The molecule has 4 aromatic rings. The van der Waals surface area contributed by atoms with E-state index in [2.05, 4.69) is 24.3 Å². The van der Waals surface area contributed by atoms with Crippen LogP contribution in [0.1, 0.15) is 29.2 Å². The zero-order valence-electron chi connectivity index (χ0n) is 20.3. The molecule has 2 atom stereocenters. The van der Waals surface area contributed by atoms with Crippen molar-refractivity contribution in [2.24, 2.45) is 0 Å². The fourth-order valence-electron chi connectivity index (χ4n) is 4.80. The first-order valence-electron chi connectivity index (χ1n) is 11.9. The van der Waals surface area contributed by atoms with Gasteiger partial charge in [-0.2, -0.15) is 25.3 Å². The van der Waals surface area contributed by atoms with Crippen molar-refractivity contribution in [2.75, 3.05) is 6.61 Å². The molecule has 0 heterocycles. The van der Waals surface area contributed by atoms with Crippen LogP contribution in [0.3, 0.4) is 0 Å². The van der Waals surface area contributed by atoms with Crippen LogP contribution in [0.15, 0.2) is 117 Å². The lowest BCUT2D eigenvalue weighted by Gasteiger charge is -2.50. The molecule has 7 heteroatoms. The molecule has 0 radical (unpaired) electrons. The maximum absolute atomic E-state index is 7.10. The van der Waals surface area contributed by atoms with Gasteiger partial charge in [-0.3, -0.25) is 0 Å². The van der Waals surface area contributed by atoms with Gasteiger partial charge in [-0.05, 0) is 46.5 Å². The molecule has 1 nitrogen and oxygen atoms in total. The van der Waals surface area contributed by atoms with Crippen molar-refractivity contribution in [1.29, 1.82) is 0 Å². The van der Waals surface area contributed by atoms with E-state index in [0.717, 1.165) is 41.8 Å². The predicted octanol–water partition coefficient (Wildman–Crippen LogP) is 8.49. The van der Waals surface area contributed by atoms with Gasteiger partial charge >= 0.3 is 0 Å². The highest BCUT2D eigenvalue weighted by molar-refractivity contribution is 7.82. The summed E-state index contributed by atoms with van der Waals surface area (Å²) in [5, 5.41) is -0.0206. The topological polar surface area (TPSA) is 9.23 Å². The van der Waals surface area contributed by atoms with Crippen LogP contribution < -0.4 is 0 Å². The van der Waals surface area contributed by atoms with E-state index < -0.39 is 10.3 Å². The molecule has 0 amide bonds. The summed E-state index contributed by atoms with van der Waals surface area (Å²) < 4.78 is 6.06. The standard InChI is InChI=1S/C30H30OS6/c1-20(32)19-31-29(22-11-3-7-15-26(22)34,18-21-10-2-6-14-25(21)33)30(37,23-12-4-8-16-27(23)35)24-13-5-9-17-28(24)36/h2-17,20,32-37H,18-19H2,1H3. The molecule has 37 heavy (non-hydrogen) atoms. The van der Waals surface area contributed by atoms with Gasteiger partial charge in [0.1, 0.15) is 5.60 Å². The van der Waals surface area contributed by atoms with E-state index in [9.17, 15) is 0 Å². The molecule has 0 aromatic heterocycles. The number of hydrogen-bond acceptors (Lipinski definition) is 7. The smallest absolute Gasteiger partial charge is 0.121 e. The second kappa shape index (κ2) is 12.4. The van der Waals surface area contributed by atoms with Gasteiger partial charge in [-0.1, -0.05) is 79.7 Å². The molecule has 2 unspecified atom stereocenters. The third-order valence-corrected chi connectivity index (χ3v) is 9.11. The highest BCUT2D eigenvalue weighted by atomic mass is 32.1. The molecule has 0 saturated heterocycles. The van der Waals surface area contributed by atoms with Gasteiger partial charge in [0.2, 0.25) is 0 Å². The quantitative estimate of drug-likeness (QED) is 0.106. The summed E-state index contributed by atoms with van der Waals surface area (Å²) in [6.07, 6.45) is 0.471. The molecule has 4 aromatic carbocycles. The molecule has 0 fully saturated rings. The normalized spacial score (nSPS) is 14.2. The summed E-state index contributed by atoms with van der Waals surface area (Å²) in [5.41, 5.74) is 2.70. The van der Waals surface area contributed by atoms with Gasteiger partial charge in [-0.25, -0.2) is 0 Å². The number of thiol groups is 6. The Bertz CT molecular complexity index is 1330. The van der Waals surface area contributed by atoms with Crippen LogP contribution in [0.5, 0.6) is 0 Å². The van der Waals surface area contributed by atoms with Crippen molar-refractivity contribution in [2.45, 2.75) is 48.5 Å². The van der Waals surface area contributed by atoms with Crippen molar-refractivity contribution < 1.29 is 4.74 Å². The molecular formula is C30H30OS6. The van der Waals surface area contributed by atoms with Crippen molar-refractivity contribution in [3.63, 3.8) is 0 Å². The van der Waals surface area contributed by atoms with Gasteiger partial charge in [0.25, 0.3) is 0 Å². The molecular weight excluding hydrogens is 569 g/mol. The third kappa shape index (κ3) is 5.79. The second-order valence-corrected chi connectivity index (χ2v) is 12.5. The van der Waals surface area contributed by atoms with E-state index >= 15 is 0 Å². The fraction of sp³-hybridized carbons (Fsp3) is 0.200. The maximum atomic E-state index is 7.10. The fourth-order valence-corrected chi connectivity index (χ4v) is 6.94. The monoisotopic (exact) mass is 598 g/mol. The summed E-state index contributed by atoms with van der Waals surface area (Å²) in [5.74, 6) is 0. The molecule has 192 valence electrons. The molecule has 0 aliphatic carbocycles. The average Bonchev–Trinajstić information content (AvgIpc) is 2.88. The van der Waals surface area contributed by atoms with E-state index in [1.54, 1.807) is 0 Å². The number of benzene rings is 4. The summed E-state index contributed by atoms with van der Waals surface area (Å²) in [6, 6.07) is 32.2. The van der Waals surface area contributed by atoms with E-state index in [0.29, 0.717) is 13.0 Å². The maximum Gasteiger partial charge on any atom is 0.121 e. The summed E-state index contributed by atoms with van der Waals surface area (Å²) in [6.45, 7) is 2.40. The van der Waals surface area contributed by atoms with Gasteiger partial charge < -0.3 is 4.74 Å². The largest absolute Gasteiger partial charge is 0.367 e. The molecule has 4 rings (SSSR count). The Morgan fingerprint density at radius 3 is 1.46 bits per heavy atom. The molecule has 0 N–H and O–H groups in total. The average molecular weight is 599 g/mol. The van der Waals surface area contributed by atoms with Gasteiger partial charge in [0.05, 0.1) is 11.4 Å². The van der Waals surface area contributed by atoms with Crippen LogP contribution >= 0.6 is 75.8 Å². The van der Waals surface area contributed by atoms with E-state index in [1.807, 2.05) is 79.7 Å². The lowest BCUT2D eigenvalue weighted by Crippen LogP contribution is -2.51. The van der Waals surface area contributed by atoms with Crippen LogP contribution in [0.25, 0.3) is 0 Å². The summed E-state index contributed by atoms with van der Waals surface area (Å²) >= 11 is 29.9. The van der Waals surface area contributed by atoms with Crippen LogP contribution in [0, 0.1) is 0 Å². The van der Waals surface area contributed by atoms with Crippen molar-refractivity contribution in [3.05, 3.63) is 119 Å². The van der Waals surface area contributed by atoms with Crippen LogP contribution in [0.2, 0.25) is 0 Å². The van der Waals surface area contributed by atoms with Crippen molar-refractivity contribution in [3.8, 4) is 0 Å². The minimum atomic E-state index is -1.05. The number of hydrogen-bond donors (Lipinski definition) is 6. The Labute approximate surface area is 253 Å². The zero-order chi connectivity index (χ0) is 26.6. The molecule has 0 saturated carbocycles. The Hall–Kier alpha value is -1.06. The third-order valence-electron chi connectivity index (χ3n) is 6.51. The number of ether oxygens (including phenoxy) is 1. The molecule has 0 aliphatic rings. The van der Waals surface area contributed by atoms with Gasteiger partial charge in [0.15, 0.2) is 0 Å². The van der Waals surface area contributed by atoms with Crippen LogP contribution in [-0.4, -0.2) is 11.9 Å². The highest BCUT2D eigenvalue weighted by Gasteiger charge is 2.56. The lowest BCUT2D eigenvalue weighted by molar-refractivity contribution is -0.0737. The lowest BCUT2D eigenvalue weighted by atomic mass is 9.69. The van der Waals surface area contributed by atoms with E-state index in [4.69, 9.17) is 80.5 Å². The highest BCUT2D eigenvalue weighted by Crippen LogP contribution is 2.58. The molecule has 0 bridgehead atoms. The van der Waals surface area contributed by atoms with Crippen molar-refractivity contribution in [1.82, 2.24) is 0 Å². The first-order chi connectivity index (χ1) is 17.7. The molecule has 0 spiro atoms. The summed E-state index contributed by atoms with van der Waals surface area (Å²) in [4.78, 5) is 3.28. The Morgan fingerprint density at radius 1 is 0.622 bits per heavy atom. The predicted molar refractivity (Wildman–Crippen MR) is 174 cm³/mol. The van der Waals surface area contributed by atoms with Crippen LogP contribution in [-0.2, 0) is 21.5 Å². The van der Waals surface area contributed by atoms with E-state index in [-0.39, 0.29) is 5.25 Å². The minimum absolute atomic E-state index is 0.0206. The first-order valence-corrected chi connectivity index (χ1v) is 14.6. The van der Waals surface area contributed by atoms with E-state index in [1.165, 1.54) is 0 Å². The first kappa shape index (κ1) is 28.9. The molecule has 0 aliphatic heterocycles. The Balaban J connectivity index is 2.18. The second-order valence-electron chi connectivity index (χ2n) is 9.05. The van der Waals surface area contributed by atoms with Crippen molar-refractivity contribution >= 4 is 75.8 Å². The van der Waals surface area contributed by atoms with Crippen LogP contribution in [0.4, 0.5) is 0 Å². The zero-order valence-corrected chi connectivity index (χ0v) is 25.7. The van der Waals surface area contributed by atoms with Gasteiger partial charge in [0, 0.05) is 31.3 Å². The SMILES string of the molecule is CC(S)COC(Cc1ccccc1S)(c1ccccc1S)C(S)(c1ccccc1S)c1ccccc1S. The van der Waals surface area contributed by atoms with Gasteiger partial charge in [-0.15, -0.1) is 50.5 Å². The summed E-state index contributed by atoms with van der Waals surface area (Å²) in [7, 11) is 0. The minimum Gasteiger partial charge on any atom is -0.367 e. The Kier molecular flexibility index (Phi) is 9.71. The number of rotatable bonds is 9.